The number of nitrogens with one attached hydrogen (secondary N) is 1. The summed E-state index contributed by atoms with van der Waals surface area (Å²) in [6, 6.07) is 20.3. The van der Waals surface area contributed by atoms with Crippen molar-refractivity contribution in [3.63, 3.8) is 0 Å². The molecule has 156 valence electrons. The lowest BCUT2D eigenvalue weighted by Gasteiger charge is -2.17. The molecule has 4 rings (SSSR count). The summed E-state index contributed by atoms with van der Waals surface area (Å²) in [5.41, 5.74) is 3.69. The van der Waals surface area contributed by atoms with Gasteiger partial charge in [0.05, 0.1) is 18.6 Å². The maximum Gasteiger partial charge on any atom is 0.254 e. The van der Waals surface area contributed by atoms with Gasteiger partial charge in [-0.05, 0) is 54.1 Å². The number of likely N-dealkylation sites (N-methyl/N-ethyl adjacent to an activating group) is 1. The quantitative estimate of drug-likeness (QED) is 0.522. The Morgan fingerprint density at radius 2 is 1.71 bits per heavy atom. The van der Waals surface area contributed by atoms with E-state index < -0.39 is 0 Å². The van der Waals surface area contributed by atoms with Gasteiger partial charge >= 0.3 is 0 Å². The molecular weight excluding hydrogens is 397 g/mol. The molecule has 2 amide bonds. The van der Waals surface area contributed by atoms with Gasteiger partial charge in [-0.1, -0.05) is 29.5 Å². The van der Waals surface area contributed by atoms with Gasteiger partial charge in [0.2, 0.25) is 5.91 Å². The highest BCUT2D eigenvalue weighted by atomic mass is 19.1. The summed E-state index contributed by atoms with van der Waals surface area (Å²) in [6.07, 6.45) is 0. The van der Waals surface area contributed by atoms with Crippen LogP contribution in [-0.4, -0.2) is 45.3 Å². The van der Waals surface area contributed by atoms with E-state index in [0.29, 0.717) is 17.8 Å². The lowest BCUT2D eigenvalue weighted by Crippen LogP contribution is -2.34. The molecule has 7 nitrogen and oxygen atoms in total. The lowest BCUT2D eigenvalue weighted by molar-refractivity contribution is -0.116. The van der Waals surface area contributed by atoms with Crippen LogP contribution in [0.3, 0.4) is 0 Å². The molecule has 0 bridgehead atoms. The molecule has 4 aromatic rings. The van der Waals surface area contributed by atoms with Gasteiger partial charge in [-0.25, -0.2) is 9.07 Å². The first kappa shape index (κ1) is 20.2. The van der Waals surface area contributed by atoms with Crippen LogP contribution in [0.2, 0.25) is 0 Å². The van der Waals surface area contributed by atoms with Crippen LogP contribution in [0.1, 0.15) is 15.9 Å². The number of hydrogen-bond donors (Lipinski definition) is 1. The Morgan fingerprint density at radius 1 is 1.00 bits per heavy atom. The molecule has 1 aromatic heterocycles. The summed E-state index contributed by atoms with van der Waals surface area (Å²) in [5, 5.41) is 11.0. The molecule has 0 radical (unpaired) electrons. The number of hydrogen-bond acceptors (Lipinski definition) is 4. The van der Waals surface area contributed by atoms with Crippen LogP contribution < -0.4 is 5.32 Å². The van der Waals surface area contributed by atoms with Crippen LogP contribution in [0.15, 0.2) is 72.8 Å². The first-order chi connectivity index (χ1) is 15.0. The summed E-state index contributed by atoms with van der Waals surface area (Å²) in [7, 11) is 1.56. The van der Waals surface area contributed by atoms with E-state index >= 15 is 0 Å². The molecule has 0 spiro atoms. The normalized spacial score (nSPS) is 10.8. The van der Waals surface area contributed by atoms with E-state index in [0.717, 1.165) is 16.6 Å². The molecule has 0 saturated carbocycles. The van der Waals surface area contributed by atoms with Crippen molar-refractivity contribution in [2.24, 2.45) is 0 Å². The van der Waals surface area contributed by atoms with Gasteiger partial charge in [0.25, 0.3) is 5.91 Å². The first-order valence-electron chi connectivity index (χ1n) is 9.67. The van der Waals surface area contributed by atoms with Crippen LogP contribution in [0.25, 0.3) is 11.0 Å². The highest BCUT2D eigenvalue weighted by Gasteiger charge is 2.15. The van der Waals surface area contributed by atoms with Crippen LogP contribution in [0.4, 0.5) is 10.1 Å². The van der Waals surface area contributed by atoms with Crippen LogP contribution in [0.5, 0.6) is 0 Å². The van der Waals surface area contributed by atoms with Crippen molar-refractivity contribution in [2.45, 2.75) is 6.54 Å². The Labute approximate surface area is 178 Å². The van der Waals surface area contributed by atoms with Crippen molar-refractivity contribution in [3.05, 3.63) is 89.7 Å². The molecule has 0 aliphatic carbocycles. The number of carbonyl (C=O) groups is 2. The largest absolute Gasteiger partial charge is 0.332 e. The van der Waals surface area contributed by atoms with Crippen molar-refractivity contribution < 1.29 is 14.0 Å². The van der Waals surface area contributed by atoms with Crippen molar-refractivity contribution in [2.75, 3.05) is 18.9 Å². The maximum atomic E-state index is 13.0. The zero-order chi connectivity index (χ0) is 21.8. The van der Waals surface area contributed by atoms with Crippen molar-refractivity contribution in [1.29, 1.82) is 0 Å². The predicted molar refractivity (Wildman–Crippen MR) is 115 cm³/mol. The highest BCUT2D eigenvalue weighted by molar-refractivity contribution is 5.99. The Bertz CT molecular complexity index is 1220. The van der Waals surface area contributed by atoms with E-state index in [-0.39, 0.29) is 24.2 Å². The van der Waals surface area contributed by atoms with Crippen molar-refractivity contribution in [3.8, 4) is 0 Å². The summed E-state index contributed by atoms with van der Waals surface area (Å²) < 4.78 is 14.8. The average Bonchev–Trinajstić information content (AvgIpc) is 3.18. The SMILES string of the molecule is CN(CC(=O)Nc1ccc(F)cc1)C(=O)c1ccc(Cn2nnc3ccccc32)cc1. The number of rotatable bonds is 6. The molecule has 0 atom stereocenters. The van der Waals surface area contributed by atoms with E-state index in [4.69, 9.17) is 0 Å². The summed E-state index contributed by atoms with van der Waals surface area (Å²) >= 11 is 0. The Morgan fingerprint density at radius 3 is 2.45 bits per heavy atom. The second-order valence-electron chi connectivity index (χ2n) is 7.15. The maximum absolute atomic E-state index is 13.0. The predicted octanol–water partition coefficient (Wildman–Crippen LogP) is 3.33. The number of nitrogens with zero attached hydrogens (tertiary/aromatic N) is 4. The van der Waals surface area contributed by atoms with Gasteiger partial charge in [-0.2, -0.15) is 0 Å². The van der Waals surface area contributed by atoms with E-state index in [1.165, 1.54) is 29.2 Å². The fourth-order valence-electron chi connectivity index (χ4n) is 3.20. The van der Waals surface area contributed by atoms with E-state index in [9.17, 15) is 14.0 Å². The average molecular weight is 417 g/mol. The molecule has 0 saturated heterocycles. The third-order valence-corrected chi connectivity index (χ3v) is 4.81. The smallest absolute Gasteiger partial charge is 0.254 e. The van der Waals surface area contributed by atoms with Gasteiger partial charge in [0, 0.05) is 18.3 Å². The molecule has 0 aliphatic heterocycles. The third-order valence-electron chi connectivity index (χ3n) is 4.81. The lowest BCUT2D eigenvalue weighted by atomic mass is 10.1. The number of benzene rings is 3. The number of anilines is 1. The fourth-order valence-corrected chi connectivity index (χ4v) is 3.20. The number of fused-ring (bicyclic) bond motifs is 1. The molecule has 1 heterocycles. The standard InChI is InChI=1S/C23H20FN5O2/c1-28(15-22(30)25-19-12-10-18(24)11-13-19)23(31)17-8-6-16(7-9-17)14-29-21-5-3-2-4-20(21)26-27-29/h2-13H,14-15H2,1H3,(H,25,30). The van der Waals surface area contributed by atoms with Gasteiger partial charge in [-0.3, -0.25) is 9.59 Å². The Hall–Kier alpha value is -4.07. The molecule has 0 fully saturated rings. The van der Waals surface area contributed by atoms with E-state index in [1.54, 1.807) is 23.9 Å². The second kappa shape index (κ2) is 8.74. The monoisotopic (exact) mass is 417 g/mol. The Kier molecular flexibility index (Phi) is 5.70. The number of carbonyl (C=O) groups excluding carboxylic acids is 2. The molecular formula is C23H20FN5O2. The summed E-state index contributed by atoms with van der Waals surface area (Å²) in [4.78, 5) is 26.1. The number of aromatic nitrogens is 3. The zero-order valence-corrected chi connectivity index (χ0v) is 16.8. The Balaban J connectivity index is 1.37. The van der Waals surface area contributed by atoms with Gasteiger partial charge in [0.1, 0.15) is 11.3 Å². The first-order valence-corrected chi connectivity index (χ1v) is 9.67. The van der Waals surface area contributed by atoms with Crippen LogP contribution >= 0.6 is 0 Å². The fraction of sp³-hybridized carbons (Fsp3) is 0.130. The number of halogens is 1. The topological polar surface area (TPSA) is 80.1 Å². The second-order valence-corrected chi connectivity index (χ2v) is 7.15. The van der Waals surface area contributed by atoms with Crippen LogP contribution in [0, 0.1) is 5.82 Å². The van der Waals surface area contributed by atoms with Gasteiger partial charge in [-0.15, -0.1) is 5.10 Å². The van der Waals surface area contributed by atoms with Crippen molar-refractivity contribution in [1.82, 2.24) is 19.9 Å². The minimum Gasteiger partial charge on any atom is -0.332 e. The van der Waals surface area contributed by atoms with E-state index in [2.05, 4.69) is 15.6 Å². The molecule has 8 heteroatoms. The number of para-hydroxylation sites is 1. The third kappa shape index (κ3) is 4.75. The minimum atomic E-state index is -0.384. The van der Waals surface area contributed by atoms with E-state index in [1.807, 2.05) is 36.4 Å². The highest BCUT2D eigenvalue weighted by Crippen LogP contribution is 2.14. The molecule has 1 N–H and O–H groups in total. The van der Waals surface area contributed by atoms with Crippen molar-refractivity contribution >= 4 is 28.5 Å². The summed E-state index contributed by atoms with van der Waals surface area (Å²) in [6.45, 7) is 0.411. The minimum absolute atomic E-state index is 0.122. The molecule has 31 heavy (non-hydrogen) atoms. The molecule has 0 unspecified atom stereocenters. The molecule has 3 aromatic carbocycles. The van der Waals surface area contributed by atoms with Gasteiger partial charge < -0.3 is 10.2 Å². The number of amides is 2. The zero-order valence-electron chi connectivity index (χ0n) is 16.8. The summed E-state index contributed by atoms with van der Waals surface area (Å²) in [5.74, 6) is -1.02. The van der Waals surface area contributed by atoms with Gasteiger partial charge in [0.15, 0.2) is 0 Å². The van der Waals surface area contributed by atoms with Crippen LogP contribution in [-0.2, 0) is 11.3 Å². The molecule has 0 aliphatic rings.